The van der Waals surface area contributed by atoms with E-state index in [9.17, 15) is 4.79 Å². The van der Waals surface area contributed by atoms with Crippen LogP contribution < -0.4 is 10.2 Å². The van der Waals surface area contributed by atoms with E-state index >= 15 is 0 Å². The molecule has 32 heavy (non-hydrogen) atoms. The first-order chi connectivity index (χ1) is 15.2. The molecule has 0 atom stereocenters. The summed E-state index contributed by atoms with van der Waals surface area (Å²) in [4.78, 5) is 29.7. The number of carbonyl (C=O) groups excluding carboxylic acids is 1. The van der Waals surface area contributed by atoms with Gasteiger partial charge in [0, 0.05) is 31.9 Å². The van der Waals surface area contributed by atoms with E-state index in [1.165, 1.54) is 6.33 Å². The average molecular weight is 475 g/mol. The van der Waals surface area contributed by atoms with Gasteiger partial charge in [-0.1, -0.05) is 23.2 Å². The fourth-order valence-corrected chi connectivity index (χ4v) is 3.65. The Kier molecular flexibility index (Phi) is 6.26. The minimum absolute atomic E-state index is 0.287. The van der Waals surface area contributed by atoms with E-state index in [0.717, 1.165) is 17.0 Å². The number of hydrogen-bond donors (Lipinski definition) is 1. The molecule has 3 aromatic rings. The average Bonchev–Trinajstić information content (AvgIpc) is 2.75. The van der Waals surface area contributed by atoms with Gasteiger partial charge in [0.05, 0.1) is 15.6 Å². The van der Waals surface area contributed by atoms with Crippen molar-refractivity contribution in [2.75, 3.05) is 36.4 Å². The first kappa shape index (κ1) is 22.4. The number of aromatic nitrogens is 3. The van der Waals surface area contributed by atoms with Gasteiger partial charge in [0.15, 0.2) is 5.82 Å². The van der Waals surface area contributed by atoms with Gasteiger partial charge in [0.2, 0.25) is 0 Å². The first-order valence-corrected chi connectivity index (χ1v) is 11.0. The van der Waals surface area contributed by atoms with Crippen molar-refractivity contribution in [3.05, 3.63) is 46.7 Å². The molecule has 0 radical (unpaired) electrons. The van der Waals surface area contributed by atoms with Crippen LogP contribution in [0.3, 0.4) is 0 Å². The number of carbonyl (C=O) groups is 1. The fourth-order valence-electron chi connectivity index (χ4n) is 3.35. The molecule has 0 aliphatic carbocycles. The summed E-state index contributed by atoms with van der Waals surface area (Å²) < 4.78 is 5.47. The van der Waals surface area contributed by atoms with Crippen LogP contribution in [-0.2, 0) is 4.74 Å². The number of piperazine rings is 1. The molecule has 8 nitrogen and oxygen atoms in total. The molecule has 3 heterocycles. The Balaban J connectivity index is 1.52. The maximum absolute atomic E-state index is 12.3. The molecule has 0 bridgehead atoms. The fraction of sp³-hybridized carbons (Fsp3) is 0.364. The van der Waals surface area contributed by atoms with Crippen molar-refractivity contribution in [3.8, 4) is 0 Å². The molecule has 1 aliphatic rings. The van der Waals surface area contributed by atoms with E-state index in [-0.39, 0.29) is 6.09 Å². The molecule has 0 saturated carbocycles. The third kappa shape index (κ3) is 5.14. The molecule has 4 rings (SSSR count). The maximum Gasteiger partial charge on any atom is 0.410 e. The lowest BCUT2D eigenvalue weighted by molar-refractivity contribution is 0.0240. The molecule has 1 aliphatic heterocycles. The number of anilines is 3. The Morgan fingerprint density at radius 3 is 2.47 bits per heavy atom. The Morgan fingerprint density at radius 2 is 1.78 bits per heavy atom. The number of nitrogens with one attached hydrogen (secondary N) is 1. The second-order valence-electron chi connectivity index (χ2n) is 8.47. The van der Waals surface area contributed by atoms with Gasteiger partial charge in [-0.3, -0.25) is 0 Å². The number of rotatable bonds is 3. The van der Waals surface area contributed by atoms with Crippen LogP contribution in [0.25, 0.3) is 11.0 Å². The van der Waals surface area contributed by atoms with E-state index in [2.05, 4.69) is 20.2 Å². The standard InChI is InChI=1S/C22H24Cl2N6O2/c1-22(2,3)32-21(31)30-10-8-29(9-11-30)18-7-6-17-19(28-18)20(26-13-25-17)27-14-4-5-15(23)16(24)12-14/h4-7,12-13H,8-11H2,1-3H3,(H,25,26,27). The third-order valence-corrected chi connectivity index (χ3v) is 5.64. The first-order valence-electron chi connectivity index (χ1n) is 10.3. The molecule has 0 unspecified atom stereocenters. The van der Waals surface area contributed by atoms with Gasteiger partial charge in [0.25, 0.3) is 0 Å². The van der Waals surface area contributed by atoms with Crippen LogP contribution in [0.1, 0.15) is 20.8 Å². The molecule has 1 saturated heterocycles. The number of ether oxygens (including phenoxy) is 1. The lowest BCUT2D eigenvalue weighted by Crippen LogP contribution is -2.50. The summed E-state index contributed by atoms with van der Waals surface area (Å²) in [6.07, 6.45) is 1.20. The summed E-state index contributed by atoms with van der Waals surface area (Å²) in [5, 5.41) is 4.18. The van der Waals surface area contributed by atoms with E-state index in [1.54, 1.807) is 17.0 Å². The quantitative estimate of drug-likeness (QED) is 0.562. The van der Waals surface area contributed by atoms with Gasteiger partial charge in [0.1, 0.15) is 23.3 Å². The Hall–Kier alpha value is -2.84. The molecule has 10 heteroatoms. The Bertz CT molecular complexity index is 1140. The number of nitrogens with zero attached hydrogens (tertiary/aromatic N) is 5. The maximum atomic E-state index is 12.3. The van der Waals surface area contributed by atoms with Crippen LogP contribution in [0, 0.1) is 0 Å². The highest BCUT2D eigenvalue weighted by Crippen LogP contribution is 2.29. The van der Waals surface area contributed by atoms with Crippen molar-refractivity contribution >= 4 is 57.7 Å². The predicted octanol–water partition coefficient (Wildman–Crippen LogP) is 5.13. The summed E-state index contributed by atoms with van der Waals surface area (Å²) >= 11 is 12.1. The van der Waals surface area contributed by atoms with Crippen molar-refractivity contribution in [1.29, 1.82) is 0 Å². The smallest absolute Gasteiger partial charge is 0.410 e. The van der Waals surface area contributed by atoms with E-state index in [1.807, 2.05) is 39.0 Å². The summed E-state index contributed by atoms with van der Waals surface area (Å²) in [7, 11) is 0. The van der Waals surface area contributed by atoms with Gasteiger partial charge in [-0.15, -0.1) is 0 Å². The summed E-state index contributed by atoms with van der Waals surface area (Å²) in [5.41, 5.74) is 1.60. The summed E-state index contributed by atoms with van der Waals surface area (Å²) in [6, 6.07) is 9.12. The van der Waals surface area contributed by atoms with Crippen LogP contribution >= 0.6 is 23.2 Å². The highest BCUT2D eigenvalue weighted by molar-refractivity contribution is 6.42. The van der Waals surface area contributed by atoms with Crippen LogP contribution in [0.4, 0.5) is 22.1 Å². The minimum atomic E-state index is -0.508. The molecule has 1 aromatic carbocycles. The van der Waals surface area contributed by atoms with E-state index < -0.39 is 5.60 Å². The number of amides is 1. The topological polar surface area (TPSA) is 83.5 Å². The van der Waals surface area contributed by atoms with E-state index in [0.29, 0.717) is 47.6 Å². The third-order valence-electron chi connectivity index (χ3n) is 4.90. The predicted molar refractivity (Wildman–Crippen MR) is 127 cm³/mol. The second kappa shape index (κ2) is 8.96. The number of fused-ring (bicyclic) bond motifs is 1. The molecule has 2 aromatic heterocycles. The molecular formula is C22H24Cl2N6O2. The van der Waals surface area contributed by atoms with Crippen LogP contribution in [0.15, 0.2) is 36.7 Å². The number of pyridine rings is 1. The number of halogens is 2. The lowest BCUT2D eigenvalue weighted by Gasteiger charge is -2.36. The van der Waals surface area contributed by atoms with Crippen molar-refractivity contribution in [2.24, 2.45) is 0 Å². The van der Waals surface area contributed by atoms with Crippen LogP contribution in [0.2, 0.25) is 10.0 Å². The molecule has 1 N–H and O–H groups in total. The van der Waals surface area contributed by atoms with Crippen LogP contribution in [-0.4, -0.2) is 57.7 Å². The minimum Gasteiger partial charge on any atom is -0.444 e. The molecular weight excluding hydrogens is 451 g/mol. The SMILES string of the molecule is CC(C)(C)OC(=O)N1CCN(c2ccc3ncnc(Nc4ccc(Cl)c(Cl)c4)c3n2)CC1. The molecule has 168 valence electrons. The normalized spacial score (nSPS) is 14.5. The zero-order chi connectivity index (χ0) is 22.9. The zero-order valence-electron chi connectivity index (χ0n) is 18.1. The highest BCUT2D eigenvalue weighted by Gasteiger charge is 2.26. The van der Waals surface area contributed by atoms with Crippen molar-refractivity contribution in [3.63, 3.8) is 0 Å². The van der Waals surface area contributed by atoms with Gasteiger partial charge >= 0.3 is 6.09 Å². The van der Waals surface area contributed by atoms with Gasteiger partial charge in [-0.05, 0) is 51.1 Å². The second-order valence-corrected chi connectivity index (χ2v) is 9.28. The Labute approximate surface area is 196 Å². The summed E-state index contributed by atoms with van der Waals surface area (Å²) in [6.45, 7) is 8.04. The zero-order valence-corrected chi connectivity index (χ0v) is 19.6. The van der Waals surface area contributed by atoms with Crippen LogP contribution in [0.5, 0.6) is 0 Å². The van der Waals surface area contributed by atoms with Crippen molar-refractivity contribution in [2.45, 2.75) is 26.4 Å². The number of benzene rings is 1. The Morgan fingerprint density at radius 1 is 1.03 bits per heavy atom. The van der Waals surface area contributed by atoms with Crippen molar-refractivity contribution < 1.29 is 9.53 Å². The summed E-state index contributed by atoms with van der Waals surface area (Å²) in [5.74, 6) is 1.37. The molecule has 0 spiro atoms. The molecule has 1 fully saturated rings. The van der Waals surface area contributed by atoms with Gasteiger partial charge < -0.3 is 19.9 Å². The number of hydrogen-bond acceptors (Lipinski definition) is 7. The van der Waals surface area contributed by atoms with Gasteiger partial charge in [-0.2, -0.15) is 0 Å². The largest absolute Gasteiger partial charge is 0.444 e. The van der Waals surface area contributed by atoms with Crippen molar-refractivity contribution in [1.82, 2.24) is 19.9 Å². The lowest BCUT2D eigenvalue weighted by atomic mass is 10.2. The van der Waals surface area contributed by atoms with Gasteiger partial charge in [-0.25, -0.2) is 19.7 Å². The highest BCUT2D eigenvalue weighted by atomic mass is 35.5. The molecule has 1 amide bonds. The van der Waals surface area contributed by atoms with E-state index in [4.69, 9.17) is 32.9 Å². The monoisotopic (exact) mass is 474 g/mol.